The molecule has 9 nitrogen and oxygen atoms in total. The maximum atomic E-state index is 11.7. The summed E-state index contributed by atoms with van der Waals surface area (Å²) in [5, 5.41) is 8.15. The second kappa shape index (κ2) is 8.92. The van der Waals surface area contributed by atoms with Crippen molar-refractivity contribution in [3.05, 3.63) is 23.4 Å². The molecule has 2 heterocycles. The lowest BCUT2D eigenvalue weighted by Crippen LogP contribution is -2.39. The van der Waals surface area contributed by atoms with Gasteiger partial charge >= 0.3 is 5.97 Å². The summed E-state index contributed by atoms with van der Waals surface area (Å²) >= 11 is 1.49. The zero-order valence-electron chi connectivity index (χ0n) is 13.9. The summed E-state index contributed by atoms with van der Waals surface area (Å²) in [4.78, 5) is 40.9. The van der Waals surface area contributed by atoms with Crippen LogP contribution >= 0.6 is 11.3 Å². The third-order valence-corrected chi connectivity index (χ3v) is 4.06. The molecule has 0 spiro atoms. The number of carbonyl (C=O) groups excluding carboxylic acids is 3. The van der Waals surface area contributed by atoms with Crippen LogP contribution in [0.5, 0.6) is 0 Å². The fourth-order valence-corrected chi connectivity index (χ4v) is 2.43. The summed E-state index contributed by atoms with van der Waals surface area (Å²) in [5.41, 5.74) is 0. The SMILES string of the molecule is CNC(=O)CN(C)C(=O)COC(=O)CCc1nc(-c2cccs2)no1. The largest absolute Gasteiger partial charge is 0.456 e. The van der Waals surface area contributed by atoms with Crippen LogP contribution in [0.4, 0.5) is 0 Å². The number of carbonyl (C=O) groups is 3. The first-order chi connectivity index (χ1) is 12.0. The molecule has 0 aliphatic heterocycles. The minimum atomic E-state index is -0.558. The molecule has 0 radical (unpaired) electrons. The Morgan fingerprint density at radius 2 is 2.20 bits per heavy atom. The molecule has 0 fully saturated rings. The number of esters is 1. The van der Waals surface area contributed by atoms with Crippen molar-refractivity contribution in [3.8, 4) is 10.7 Å². The highest BCUT2D eigenvalue weighted by Gasteiger charge is 2.16. The van der Waals surface area contributed by atoms with E-state index in [1.54, 1.807) is 0 Å². The molecule has 0 aromatic carbocycles. The number of aromatic nitrogens is 2. The van der Waals surface area contributed by atoms with Crippen molar-refractivity contribution in [1.29, 1.82) is 0 Å². The number of amides is 2. The molecule has 2 rings (SSSR count). The van der Waals surface area contributed by atoms with E-state index in [1.807, 2.05) is 17.5 Å². The molecule has 0 saturated carbocycles. The van der Waals surface area contributed by atoms with Gasteiger partial charge in [-0.2, -0.15) is 4.98 Å². The van der Waals surface area contributed by atoms with E-state index in [1.165, 1.54) is 30.3 Å². The predicted molar refractivity (Wildman–Crippen MR) is 88.6 cm³/mol. The first kappa shape index (κ1) is 18.6. The molecule has 10 heteroatoms. The maximum absolute atomic E-state index is 11.7. The molecular formula is C15H18N4O5S. The summed E-state index contributed by atoms with van der Waals surface area (Å²) in [6.07, 6.45) is 0.234. The van der Waals surface area contributed by atoms with Gasteiger partial charge in [0.15, 0.2) is 6.61 Å². The van der Waals surface area contributed by atoms with Crippen molar-refractivity contribution < 1.29 is 23.6 Å². The van der Waals surface area contributed by atoms with Crippen LogP contribution in [0, 0.1) is 0 Å². The second-order valence-electron chi connectivity index (χ2n) is 5.07. The maximum Gasteiger partial charge on any atom is 0.306 e. The minimum absolute atomic E-state index is 0.0124. The summed E-state index contributed by atoms with van der Waals surface area (Å²) in [7, 11) is 2.93. The first-order valence-corrected chi connectivity index (χ1v) is 8.34. The number of thiophene rings is 1. The number of rotatable bonds is 8. The Morgan fingerprint density at radius 1 is 1.40 bits per heavy atom. The Labute approximate surface area is 148 Å². The van der Waals surface area contributed by atoms with Crippen LogP contribution in [-0.2, 0) is 25.5 Å². The molecule has 2 aromatic rings. The molecule has 0 aliphatic rings. The van der Waals surface area contributed by atoms with E-state index in [0.717, 1.165) is 4.88 Å². The van der Waals surface area contributed by atoms with E-state index in [4.69, 9.17) is 9.26 Å². The molecule has 0 bridgehead atoms. The van der Waals surface area contributed by atoms with Gasteiger partial charge in [-0.3, -0.25) is 14.4 Å². The van der Waals surface area contributed by atoms with Gasteiger partial charge in [-0.25, -0.2) is 0 Å². The molecule has 0 atom stereocenters. The molecule has 0 saturated heterocycles. The van der Waals surface area contributed by atoms with Crippen LogP contribution in [0.3, 0.4) is 0 Å². The van der Waals surface area contributed by atoms with Gasteiger partial charge in [0.25, 0.3) is 5.91 Å². The summed E-state index contributed by atoms with van der Waals surface area (Å²) in [5.74, 6) is -0.528. The first-order valence-electron chi connectivity index (χ1n) is 7.46. The highest BCUT2D eigenvalue weighted by Crippen LogP contribution is 2.21. The molecule has 2 aromatic heterocycles. The molecule has 134 valence electrons. The second-order valence-corrected chi connectivity index (χ2v) is 6.02. The summed E-state index contributed by atoms with van der Waals surface area (Å²) in [6, 6.07) is 3.75. The van der Waals surface area contributed by atoms with Gasteiger partial charge < -0.3 is 19.5 Å². The highest BCUT2D eigenvalue weighted by molar-refractivity contribution is 7.13. The fourth-order valence-electron chi connectivity index (χ4n) is 1.78. The topological polar surface area (TPSA) is 115 Å². The number of likely N-dealkylation sites (N-methyl/N-ethyl adjacent to an activating group) is 2. The van der Waals surface area contributed by atoms with Gasteiger partial charge in [0.05, 0.1) is 17.8 Å². The van der Waals surface area contributed by atoms with Crippen LogP contribution in [-0.4, -0.2) is 60.1 Å². The Kier molecular flexibility index (Phi) is 6.63. The number of nitrogens with zero attached hydrogens (tertiary/aromatic N) is 3. The quantitative estimate of drug-likeness (QED) is 0.676. The number of ether oxygens (including phenoxy) is 1. The molecule has 0 aliphatic carbocycles. The van der Waals surface area contributed by atoms with Gasteiger partial charge in [0.1, 0.15) is 0 Å². The average Bonchev–Trinajstić information content (AvgIpc) is 3.28. The smallest absolute Gasteiger partial charge is 0.306 e. The van der Waals surface area contributed by atoms with Crippen LogP contribution in [0.2, 0.25) is 0 Å². The van der Waals surface area contributed by atoms with Crippen molar-refractivity contribution >= 4 is 29.1 Å². The van der Waals surface area contributed by atoms with E-state index in [2.05, 4.69) is 15.5 Å². The predicted octanol–water partition coefficient (Wildman–Crippen LogP) is 0.478. The van der Waals surface area contributed by atoms with E-state index < -0.39 is 18.5 Å². The number of hydrogen-bond acceptors (Lipinski definition) is 8. The van der Waals surface area contributed by atoms with E-state index in [9.17, 15) is 14.4 Å². The highest BCUT2D eigenvalue weighted by atomic mass is 32.1. The Balaban J connectivity index is 1.72. The van der Waals surface area contributed by atoms with Crippen molar-refractivity contribution in [2.75, 3.05) is 27.2 Å². The van der Waals surface area contributed by atoms with E-state index >= 15 is 0 Å². The fraction of sp³-hybridized carbons (Fsp3) is 0.400. The Bertz CT molecular complexity index is 728. The summed E-state index contributed by atoms with van der Waals surface area (Å²) < 4.78 is 9.97. The zero-order chi connectivity index (χ0) is 18.2. The summed E-state index contributed by atoms with van der Waals surface area (Å²) in [6.45, 7) is -0.517. The van der Waals surface area contributed by atoms with Gasteiger partial charge in [0, 0.05) is 20.5 Å². The lowest BCUT2D eigenvalue weighted by molar-refractivity contribution is -0.152. The van der Waals surface area contributed by atoms with Gasteiger partial charge in [-0.15, -0.1) is 11.3 Å². The lowest BCUT2D eigenvalue weighted by atomic mass is 10.3. The molecule has 0 unspecified atom stereocenters. The van der Waals surface area contributed by atoms with E-state index in [0.29, 0.717) is 11.7 Å². The van der Waals surface area contributed by atoms with Crippen molar-refractivity contribution in [2.24, 2.45) is 0 Å². The van der Waals surface area contributed by atoms with Crippen LogP contribution in [0.1, 0.15) is 12.3 Å². The molecule has 25 heavy (non-hydrogen) atoms. The van der Waals surface area contributed by atoms with Gasteiger partial charge in [-0.1, -0.05) is 11.2 Å². The minimum Gasteiger partial charge on any atom is -0.456 e. The van der Waals surface area contributed by atoms with Crippen LogP contribution in [0.25, 0.3) is 10.7 Å². The standard InChI is InChI=1S/C15H18N4O5S/c1-16-11(20)8-19(2)13(21)9-23-14(22)6-5-12-17-15(18-24-12)10-4-3-7-25-10/h3-4,7H,5-6,8-9H2,1-2H3,(H,16,20). The van der Waals surface area contributed by atoms with E-state index in [-0.39, 0.29) is 25.3 Å². The van der Waals surface area contributed by atoms with Gasteiger partial charge in [-0.05, 0) is 11.4 Å². The molecule has 2 amide bonds. The van der Waals surface area contributed by atoms with Gasteiger partial charge in [0.2, 0.25) is 17.6 Å². The van der Waals surface area contributed by atoms with Crippen molar-refractivity contribution in [3.63, 3.8) is 0 Å². The normalized spacial score (nSPS) is 10.3. The Hall–Kier alpha value is -2.75. The van der Waals surface area contributed by atoms with Crippen molar-refractivity contribution in [1.82, 2.24) is 20.4 Å². The van der Waals surface area contributed by atoms with Crippen molar-refractivity contribution in [2.45, 2.75) is 12.8 Å². The Morgan fingerprint density at radius 3 is 2.88 bits per heavy atom. The number of hydrogen-bond donors (Lipinski definition) is 1. The third kappa shape index (κ3) is 5.68. The van der Waals surface area contributed by atoms with Crippen LogP contribution in [0.15, 0.2) is 22.0 Å². The molecule has 1 N–H and O–H groups in total. The van der Waals surface area contributed by atoms with Crippen LogP contribution < -0.4 is 5.32 Å². The zero-order valence-corrected chi connectivity index (χ0v) is 14.7. The number of nitrogens with one attached hydrogen (secondary N) is 1. The molecular weight excluding hydrogens is 348 g/mol. The lowest BCUT2D eigenvalue weighted by Gasteiger charge is -2.15. The monoisotopic (exact) mass is 366 g/mol. The third-order valence-electron chi connectivity index (χ3n) is 3.19. The average molecular weight is 366 g/mol. The number of aryl methyl sites for hydroxylation is 1.